The summed E-state index contributed by atoms with van der Waals surface area (Å²) in [4.78, 5) is 0. The van der Waals surface area contributed by atoms with Gasteiger partial charge < -0.3 is 14.6 Å². The van der Waals surface area contributed by atoms with Gasteiger partial charge in [-0.1, -0.05) is 17.7 Å². The van der Waals surface area contributed by atoms with Gasteiger partial charge in [0.1, 0.15) is 17.6 Å². The Kier molecular flexibility index (Phi) is 4.76. The van der Waals surface area contributed by atoms with E-state index >= 15 is 0 Å². The summed E-state index contributed by atoms with van der Waals surface area (Å²) in [7, 11) is 3.15. The van der Waals surface area contributed by atoms with Gasteiger partial charge in [-0.15, -0.1) is 0 Å². The first-order valence-electron chi connectivity index (χ1n) is 6.64. The van der Waals surface area contributed by atoms with Crippen molar-refractivity contribution in [1.29, 1.82) is 0 Å². The van der Waals surface area contributed by atoms with Gasteiger partial charge in [0.25, 0.3) is 0 Å². The molecule has 0 amide bonds. The first-order chi connectivity index (χ1) is 9.97. The Morgan fingerprint density at radius 1 is 0.952 bits per heavy atom. The van der Waals surface area contributed by atoms with Gasteiger partial charge in [0, 0.05) is 22.2 Å². The fourth-order valence-electron chi connectivity index (χ4n) is 2.22. The SMILES string of the molecule is COc1ccc(C(O)c2cc(C)c(C)cc2Cl)c(OC)c1. The minimum atomic E-state index is -0.849. The summed E-state index contributed by atoms with van der Waals surface area (Å²) in [6.07, 6.45) is -0.849. The van der Waals surface area contributed by atoms with Crippen molar-refractivity contribution >= 4 is 11.6 Å². The van der Waals surface area contributed by atoms with Crippen molar-refractivity contribution < 1.29 is 14.6 Å². The van der Waals surface area contributed by atoms with E-state index in [0.717, 1.165) is 11.1 Å². The fraction of sp³-hybridized carbons (Fsp3) is 0.294. The molecule has 0 saturated heterocycles. The molecule has 1 atom stereocenters. The third-order valence-electron chi connectivity index (χ3n) is 3.64. The second-order valence-electron chi connectivity index (χ2n) is 4.97. The van der Waals surface area contributed by atoms with Gasteiger partial charge in [-0.05, 0) is 43.2 Å². The smallest absolute Gasteiger partial charge is 0.128 e. The van der Waals surface area contributed by atoms with E-state index in [4.69, 9.17) is 21.1 Å². The maximum absolute atomic E-state index is 10.7. The molecule has 2 aromatic rings. The number of methoxy groups -OCH3 is 2. The maximum atomic E-state index is 10.7. The van der Waals surface area contributed by atoms with Crippen molar-refractivity contribution in [3.8, 4) is 11.5 Å². The number of aliphatic hydroxyl groups is 1. The third kappa shape index (κ3) is 3.14. The number of halogens is 1. The lowest BCUT2D eigenvalue weighted by Gasteiger charge is -2.18. The standard InChI is InChI=1S/C17H19ClO3/c1-10-7-14(15(18)8-11(10)2)17(19)13-6-5-12(20-3)9-16(13)21-4/h5-9,17,19H,1-4H3. The second kappa shape index (κ2) is 6.37. The number of hydrogen-bond donors (Lipinski definition) is 1. The van der Waals surface area contributed by atoms with Crippen molar-refractivity contribution in [2.24, 2.45) is 0 Å². The molecule has 0 heterocycles. The number of aliphatic hydroxyl groups excluding tert-OH is 1. The zero-order valence-electron chi connectivity index (χ0n) is 12.6. The topological polar surface area (TPSA) is 38.7 Å². The van der Waals surface area contributed by atoms with E-state index in [1.54, 1.807) is 32.4 Å². The van der Waals surface area contributed by atoms with Crippen LogP contribution in [0.4, 0.5) is 0 Å². The van der Waals surface area contributed by atoms with Crippen LogP contribution in [0.2, 0.25) is 5.02 Å². The molecule has 0 saturated carbocycles. The highest BCUT2D eigenvalue weighted by molar-refractivity contribution is 6.31. The largest absolute Gasteiger partial charge is 0.497 e. The summed E-state index contributed by atoms with van der Waals surface area (Å²) in [6.45, 7) is 3.98. The fourth-order valence-corrected chi connectivity index (χ4v) is 2.55. The summed E-state index contributed by atoms with van der Waals surface area (Å²) in [6, 6.07) is 9.09. The molecule has 0 aromatic heterocycles. The zero-order valence-corrected chi connectivity index (χ0v) is 13.4. The Bertz CT molecular complexity index is 653. The van der Waals surface area contributed by atoms with E-state index in [2.05, 4.69) is 0 Å². The van der Waals surface area contributed by atoms with Crippen LogP contribution in [0.3, 0.4) is 0 Å². The Labute approximate surface area is 130 Å². The first-order valence-corrected chi connectivity index (χ1v) is 7.02. The molecule has 0 aliphatic carbocycles. The third-order valence-corrected chi connectivity index (χ3v) is 3.97. The highest BCUT2D eigenvalue weighted by Gasteiger charge is 2.19. The minimum Gasteiger partial charge on any atom is -0.497 e. The summed E-state index contributed by atoms with van der Waals surface area (Å²) in [5.41, 5.74) is 3.50. The van der Waals surface area contributed by atoms with Crippen LogP contribution in [0.25, 0.3) is 0 Å². The van der Waals surface area contributed by atoms with Crippen molar-refractivity contribution in [2.45, 2.75) is 20.0 Å². The molecule has 4 heteroatoms. The molecule has 2 aromatic carbocycles. The average Bonchev–Trinajstić information content (AvgIpc) is 2.49. The Hall–Kier alpha value is -1.71. The molecule has 0 spiro atoms. The summed E-state index contributed by atoms with van der Waals surface area (Å²) in [5, 5.41) is 11.2. The minimum absolute atomic E-state index is 0.545. The molecular weight excluding hydrogens is 288 g/mol. The molecule has 0 aliphatic rings. The maximum Gasteiger partial charge on any atom is 0.128 e. The number of aryl methyl sites for hydroxylation is 2. The van der Waals surface area contributed by atoms with E-state index in [1.165, 1.54) is 0 Å². The van der Waals surface area contributed by atoms with E-state index in [9.17, 15) is 5.11 Å². The van der Waals surface area contributed by atoms with Gasteiger partial charge in [-0.25, -0.2) is 0 Å². The van der Waals surface area contributed by atoms with Gasteiger partial charge in [0.2, 0.25) is 0 Å². The molecule has 0 radical (unpaired) electrons. The normalized spacial score (nSPS) is 12.1. The van der Waals surface area contributed by atoms with Crippen LogP contribution in [0, 0.1) is 13.8 Å². The van der Waals surface area contributed by atoms with E-state index in [0.29, 0.717) is 27.6 Å². The van der Waals surface area contributed by atoms with Crippen molar-refractivity contribution in [1.82, 2.24) is 0 Å². The molecule has 1 N–H and O–H groups in total. The van der Waals surface area contributed by atoms with Gasteiger partial charge in [0.15, 0.2) is 0 Å². The molecule has 112 valence electrons. The van der Waals surface area contributed by atoms with Crippen LogP contribution in [0.15, 0.2) is 30.3 Å². The van der Waals surface area contributed by atoms with E-state index in [-0.39, 0.29) is 0 Å². The Morgan fingerprint density at radius 2 is 1.62 bits per heavy atom. The first kappa shape index (κ1) is 15.7. The number of benzene rings is 2. The van der Waals surface area contributed by atoms with Crippen LogP contribution in [-0.2, 0) is 0 Å². The molecule has 1 unspecified atom stereocenters. The number of ether oxygens (including phenoxy) is 2. The summed E-state index contributed by atoms with van der Waals surface area (Å²) in [5.74, 6) is 1.24. The van der Waals surface area contributed by atoms with Gasteiger partial charge in [-0.3, -0.25) is 0 Å². The molecule has 2 rings (SSSR count). The zero-order chi connectivity index (χ0) is 15.6. The molecule has 21 heavy (non-hydrogen) atoms. The van der Waals surface area contributed by atoms with Crippen LogP contribution >= 0.6 is 11.6 Å². The van der Waals surface area contributed by atoms with E-state index < -0.39 is 6.10 Å². The quantitative estimate of drug-likeness (QED) is 0.926. The molecule has 0 bridgehead atoms. The number of hydrogen-bond acceptors (Lipinski definition) is 3. The van der Waals surface area contributed by atoms with Gasteiger partial charge in [-0.2, -0.15) is 0 Å². The molecule has 3 nitrogen and oxygen atoms in total. The van der Waals surface area contributed by atoms with Crippen molar-refractivity contribution in [3.63, 3.8) is 0 Å². The van der Waals surface area contributed by atoms with Crippen LogP contribution in [0.5, 0.6) is 11.5 Å². The van der Waals surface area contributed by atoms with Crippen molar-refractivity contribution in [3.05, 3.63) is 57.6 Å². The summed E-state index contributed by atoms with van der Waals surface area (Å²) >= 11 is 6.27. The predicted octanol–water partition coefficient (Wildman–Crippen LogP) is 4.06. The van der Waals surface area contributed by atoms with Gasteiger partial charge >= 0.3 is 0 Å². The Balaban J connectivity index is 2.49. The lowest BCUT2D eigenvalue weighted by atomic mass is 9.97. The van der Waals surface area contributed by atoms with Crippen molar-refractivity contribution in [2.75, 3.05) is 14.2 Å². The highest BCUT2D eigenvalue weighted by atomic mass is 35.5. The predicted molar refractivity (Wildman–Crippen MR) is 84.5 cm³/mol. The monoisotopic (exact) mass is 306 g/mol. The van der Waals surface area contributed by atoms with Crippen LogP contribution in [0.1, 0.15) is 28.4 Å². The summed E-state index contributed by atoms with van der Waals surface area (Å²) < 4.78 is 10.5. The number of rotatable bonds is 4. The Morgan fingerprint density at radius 3 is 2.24 bits per heavy atom. The van der Waals surface area contributed by atoms with Crippen LogP contribution < -0.4 is 9.47 Å². The second-order valence-corrected chi connectivity index (χ2v) is 5.38. The van der Waals surface area contributed by atoms with Gasteiger partial charge in [0.05, 0.1) is 14.2 Å². The average molecular weight is 307 g/mol. The lowest BCUT2D eigenvalue weighted by Crippen LogP contribution is -2.04. The lowest BCUT2D eigenvalue weighted by molar-refractivity contribution is 0.214. The highest BCUT2D eigenvalue weighted by Crippen LogP contribution is 2.36. The van der Waals surface area contributed by atoms with E-state index in [1.807, 2.05) is 26.0 Å². The molecule has 0 aliphatic heterocycles. The molecule has 0 fully saturated rings. The van der Waals surface area contributed by atoms with Crippen LogP contribution in [-0.4, -0.2) is 19.3 Å². The molecular formula is C17H19ClO3.